The van der Waals surface area contributed by atoms with Gasteiger partial charge in [0.05, 0.1) is 5.60 Å². The Morgan fingerprint density at radius 3 is 2.64 bits per heavy atom. The van der Waals surface area contributed by atoms with Gasteiger partial charge in [0.25, 0.3) is 0 Å². The Kier molecular flexibility index (Phi) is 3.13. The van der Waals surface area contributed by atoms with E-state index in [9.17, 15) is 0 Å². The van der Waals surface area contributed by atoms with Crippen LogP contribution in [0, 0.1) is 5.92 Å². The minimum atomic E-state index is 0.231. The molecule has 1 aliphatic carbocycles. The Morgan fingerprint density at radius 2 is 2.00 bits per heavy atom. The zero-order valence-corrected chi connectivity index (χ0v) is 9.30. The van der Waals surface area contributed by atoms with Crippen LogP contribution in [0.15, 0.2) is 0 Å². The Balaban J connectivity index is 1.97. The quantitative estimate of drug-likeness (QED) is 0.701. The van der Waals surface area contributed by atoms with Crippen molar-refractivity contribution in [3.63, 3.8) is 0 Å². The highest BCUT2D eigenvalue weighted by Gasteiger charge is 2.39. The molecule has 2 heteroatoms. The normalized spacial score (nSPS) is 34.3. The lowest BCUT2D eigenvalue weighted by molar-refractivity contribution is -0.119. The van der Waals surface area contributed by atoms with Crippen LogP contribution in [0.3, 0.4) is 0 Å². The first-order valence-corrected chi connectivity index (χ1v) is 6.11. The molecule has 0 bridgehead atoms. The molecule has 2 fully saturated rings. The van der Waals surface area contributed by atoms with Crippen LogP contribution >= 0.6 is 0 Å². The first-order valence-electron chi connectivity index (χ1n) is 6.11. The van der Waals surface area contributed by atoms with Gasteiger partial charge in [-0.1, -0.05) is 19.3 Å². The summed E-state index contributed by atoms with van der Waals surface area (Å²) in [5, 5.41) is 0. The molecule has 0 aromatic heterocycles. The second-order valence-electron chi connectivity index (χ2n) is 5.20. The summed E-state index contributed by atoms with van der Waals surface area (Å²) in [7, 11) is 0. The maximum atomic E-state index is 6.03. The molecule has 1 spiro atoms. The largest absolute Gasteiger partial charge is 0.375 e. The van der Waals surface area contributed by atoms with Gasteiger partial charge in [-0.3, -0.25) is 0 Å². The van der Waals surface area contributed by atoms with Crippen molar-refractivity contribution in [1.29, 1.82) is 0 Å². The van der Waals surface area contributed by atoms with Crippen molar-refractivity contribution < 1.29 is 4.74 Å². The van der Waals surface area contributed by atoms with E-state index in [0.29, 0.717) is 12.0 Å². The van der Waals surface area contributed by atoms with Crippen molar-refractivity contribution >= 4 is 0 Å². The topological polar surface area (TPSA) is 35.2 Å². The molecule has 1 saturated carbocycles. The minimum absolute atomic E-state index is 0.231. The van der Waals surface area contributed by atoms with E-state index >= 15 is 0 Å². The molecular formula is C12H23NO. The molecular weight excluding hydrogens is 174 g/mol. The lowest BCUT2D eigenvalue weighted by Gasteiger charge is -2.44. The molecule has 2 rings (SSSR count). The van der Waals surface area contributed by atoms with Gasteiger partial charge in [-0.05, 0) is 38.5 Å². The summed E-state index contributed by atoms with van der Waals surface area (Å²) in [6, 6.07) is 0.345. The number of hydrogen-bond donors (Lipinski definition) is 1. The summed E-state index contributed by atoms with van der Waals surface area (Å²) in [5.74, 6) is 0.696. The molecule has 2 N–H and O–H groups in total. The Morgan fingerprint density at radius 1 is 1.29 bits per heavy atom. The molecule has 2 unspecified atom stereocenters. The monoisotopic (exact) mass is 197 g/mol. The van der Waals surface area contributed by atoms with E-state index in [0.717, 1.165) is 6.61 Å². The third kappa shape index (κ3) is 2.12. The first kappa shape index (κ1) is 10.4. The third-order valence-corrected chi connectivity index (χ3v) is 4.04. The Labute approximate surface area is 87.2 Å². The Bertz CT molecular complexity index is 179. The van der Waals surface area contributed by atoms with Crippen LogP contribution in [-0.4, -0.2) is 18.2 Å². The van der Waals surface area contributed by atoms with E-state index in [4.69, 9.17) is 10.5 Å². The fourth-order valence-corrected chi connectivity index (χ4v) is 3.06. The molecule has 0 aromatic carbocycles. The van der Waals surface area contributed by atoms with Gasteiger partial charge < -0.3 is 10.5 Å². The van der Waals surface area contributed by atoms with Crippen molar-refractivity contribution in [1.82, 2.24) is 0 Å². The summed E-state index contributed by atoms with van der Waals surface area (Å²) in [6.07, 6.45) is 9.03. The van der Waals surface area contributed by atoms with Crippen LogP contribution < -0.4 is 5.73 Å². The standard InChI is InChI=1S/C12H23NO/c1-10(13)11-5-8-14-12(9-11)6-3-2-4-7-12/h10-11H,2-9,13H2,1H3. The average Bonchev–Trinajstić information content (AvgIpc) is 2.19. The average molecular weight is 197 g/mol. The maximum Gasteiger partial charge on any atom is 0.0685 e. The zero-order valence-electron chi connectivity index (χ0n) is 9.30. The minimum Gasteiger partial charge on any atom is -0.375 e. The van der Waals surface area contributed by atoms with Gasteiger partial charge in [-0.15, -0.1) is 0 Å². The Hall–Kier alpha value is -0.0800. The van der Waals surface area contributed by atoms with E-state index in [1.807, 2.05) is 0 Å². The fourth-order valence-electron chi connectivity index (χ4n) is 3.06. The molecule has 1 heterocycles. The molecule has 0 amide bonds. The molecule has 0 radical (unpaired) electrons. The lowest BCUT2D eigenvalue weighted by Crippen LogP contribution is -2.45. The zero-order chi connectivity index (χ0) is 10.0. The van der Waals surface area contributed by atoms with Crippen molar-refractivity contribution in [3.05, 3.63) is 0 Å². The molecule has 2 aliphatic rings. The molecule has 1 aliphatic heterocycles. The van der Waals surface area contributed by atoms with Gasteiger partial charge in [0, 0.05) is 12.6 Å². The van der Waals surface area contributed by atoms with Gasteiger partial charge in [0.15, 0.2) is 0 Å². The molecule has 0 aromatic rings. The summed E-state index contributed by atoms with van der Waals surface area (Å²) < 4.78 is 6.03. The van der Waals surface area contributed by atoms with E-state index in [-0.39, 0.29) is 5.60 Å². The maximum absolute atomic E-state index is 6.03. The first-order chi connectivity index (χ1) is 6.72. The van der Waals surface area contributed by atoms with Crippen LogP contribution in [0.1, 0.15) is 51.9 Å². The van der Waals surface area contributed by atoms with Gasteiger partial charge in [0.2, 0.25) is 0 Å². The molecule has 2 atom stereocenters. The molecule has 1 saturated heterocycles. The second kappa shape index (κ2) is 4.19. The van der Waals surface area contributed by atoms with Crippen LogP contribution in [0.25, 0.3) is 0 Å². The van der Waals surface area contributed by atoms with E-state index in [1.165, 1.54) is 44.9 Å². The van der Waals surface area contributed by atoms with Gasteiger partial charge in [-0.25, -0.2) is 0 Å². The number of hydrogen-bond acceptors (Lipinski definition) is 2. The van der Waals surface area contributed by atoms with E-state index in [2.05, 4.69) is 6.92 Å². The van der Waals surface area contributed by atoms with Gasteiger partial charge >= 0.3 is 0 Å². The second-order valence-corrected chi connectivity index (χ2v) is 5.20. The predicted molar refractivity (Wildman–Crippen MR) is 58.1 cm³/mol. The fraction of sp³-hybridized carbons (Fsp3) is 1.00. The smallest absolute Gasteiger partial charge is 0.0685 e. The lowest BCUT2D eigenvalue weighted by atomic mass is 9.74. The van der Waals surface area contributed by atoms with Crippen molar-refractivity contribution in [2.75, 3.05) is 6.61 Å². The summed E-state index contributed by atoms with van der Waals surface area (Å²) in [5.41, 5.74) is 6.23. The number of ether oxygens (including phenoxy) is 1. The van der Waals surface area contributed by atoms with E-state index in [1.54, 1.807) is 0 Å². The predicted octanol–water partition coefficient (Wildman–Crippen LogP) is 2.46. The van der Waals surface area contributed by atoms with Gasteiger partial charge in [-0.2, -0.15) is 0 Å². The van der Waals surface area contributed by atoms with Crippen LogP contribution in [0.5, 0.6) is 0 Å². The van der Waals surface area contributed by atoms with E-state index < -0.39 is 0 Å². The van der Waals surface area contributed by atoms with Crippen molar-refractivity contribution in [3.8, 4) is 0 Å². The van der Waals surface area contributed by atoms with Crippen molar-refractivity contribution in [2.24, 2.45) is 11.7 Å². The molecule has 2 nitrogen and oxygen atoms in total. The highest BCUT2D eigenvalue weighted by Crippen LogP contribution is 2.41. The number of rotatable bonds is 1. The summed E-state index contributed by atoms with van der Waals surface area (Å²) in [6.45, 7) is 3.08. The summed E-state index contributed by atoms with van der Waals surface area (Å²) in [4.78, 5) is 0. The van der Waals surface area contributed by atoms with Gasteiger partial charge in [0.1, 0.15) is 0 Å². The molecule has 14 heavy (non-hydrogen) atoms. The van der Waals surface area contributed by atoms with Crippen LogP contribution in [-0.2, 0) is 4.74 Å². The van der Waals surface area contributed by atoms with Crippen LogP contribution in [0.4, 0.5) is 0 Å². The highest BCUT2D eigenvalue weighted by atomic mass is 16.5. The summed E-state index contributed by atoms with van der Waals surface area (Å²) >= 11 is 0. The number of nitrogens with two attached hydrogens (primary N) is 1. The van der Waals surface area contributed by atoms with Crippen LogP contribution in [0.2, 0.25) is 0 Å². The SMILES string of the molecule is CC(N)C1CCOC2(CCCCC2)C1. The molecule has 82 valence electrons. The third-order valence-electron chi connectivity index (χ3n) is 4.04. The van der Waals surface area contributed by atoms with Crippen molar-refractivity contribution in [2.45, 2.75) is 63.5 Å². The highest BCUT2D eigenvalue weighted by molar-refractivity contribution is 4.91.